The number of hydrogen-bond acceptors (Lipinski definition) is 3. The Kier molecular flexibility index (Phi) is 6.06. The first-order chi connectivity index (χ1) is 14.3. The Hall–Kier alpha value is -3.81. The molecule has 0 aliphatic carbocycles. The summed E-state index contributed by atoms with van der Waals surface area (Å²) in [7, 11) is 1.52. The van der Waals surface area contributed by atoms with Gasteiger partial charge in [0.1, 0.15) is 5.75 Å². The van der Waals surface area contributed by atoms with Crippen molar-refractivity contribution in [2.75, 3.05) is 17.7 Å². The van der Waals surface area contributed by atoms with Gasteiger partial charge in [-0.2, -0.15) is 13.2 Å². The van der Waals surface area contributed by atoms with Gasteiger partial charge in [0.2, 0.25) is 0 Å². The Morgan fingerprint density at radius 2 is 1.33 bits per heavy atom. The van der Waals surface area contributed by atoms with Crippen molar-refractivity contribution in [3.8, 4) is 5.75 Å². The maximum Gasteiger partial charge on any atom is 0.416 e. The van der Waals surface area contributed by atoms with Crippen molar-refractivity contribution in [1.29, 1.82) is 0 Å². The molecule has 0 aromatic heterocycles. The van der Waals surface area contributed by atoms with Crippen molar-refractivity contribution in [2.24, 2.45) is 0 Å². The molecule has 0 aliphatic rings. The van der Waals surface area contributed by atoms with Crippen LogP contribution in [-0.2, 0) is 6.18 Å². The predicted octanol–water partition coefficient (Wildman–Crippen LogP) is 5.22. The summed E-state index contributed by atoms with van der Waals surface area (Å²) >= 11 is 0. The molecule has 0 radical (unpaired) electrons. The number of halogens is 3. The van der Waals surface area contributed by atoms with Crippen LogP contribution in [0.4, 0.5) is 24.5 Å². The van der Waals surface area contributed by atoms with E-state index in [9.17, 15) is 22.8 Å². The molecule has 3 aromatic rings. The van der Waals surface area contributed by atoms with Crippen LogP contribution in [0.15, 0.2) is 72.8 Å². The van der Waals surface area contributed by atoms with Crippen LogP contribution >= 0.6 is 0 Å². The molecule has 0 saturated heterocycles. The second-order valence-corrected chi connectivity index (χ2v) is 6.30. The Morgan fingerprint density at radius 1 is 0.767 bits per heavy atom. The molecule has 0 saturated carbocycles. The van der Waals surface area contributed by atoms with Gasteiger partial charge in [-0.15, -0.1) is 0 Å². The molecule has 0 atom stereocenters. The van der Waals surface area contributed by atoms with Crippen LogP contribution in [0.3, 0.4) is 0 Å². The van der Waals surface area contributed by atoms with Gasteiger partial charge < -0.3 is 15.4 Å². The van der Waals surface area contributed by atoms with Gasteiger partial charge in [0.05, 0.1) is 12.7 Å². The maximum absolute atomic E-state index is 12.8. The third-order valence-electron chi connectivity index (χ3n) is 4.18. The lowest BCUT2D eigenvalue weighted by molar-refractivity contribution is -0.137. The highest BCUT2D eigenvalue weighted by molar-refractivity contribution is 6.07. The van der Waals surface area contributed by atoms with Gasteiger partial charge in [-0.1, -0.05) is 12.1 Å². The summed E-state index contributed by atoms with van der Waals surface area (Å²) in [6.45, 7) is 0. The van der Waals surface area contributed by atoms with Crippen molar-refractivity contribution in [1.82, 2.24) is 0 Å². The van der Waals surface area contributed by atoms with Crippen LogP contribution in [0.5, 0.6) is 5.75 Å². The summed E-state index contributed by atoms with van der Waals surface area (Å²) in [5.74, 6) is -0.372. The summed E-state index contributed by atoms with van der Waals surface area (Å²) in [5, 5.41) is 5.11. The standard InChI is InChI=1S/C22H17F3N2O3/c1-30-19-10-8-14(9-11-19)20(28)26-17-6-2-4-15(12-17)21(29)27-18-7-3-5-16(13-18)22(23,24)25/h2-13H,1H3,(H,26,28)(H,27,29). The van der Waals surface area contributed by atoms with Crippen LogP contribution in [0.25, 0.3) is 0 Å². The van der Waals surface area contributed by atoms with E-state index >= 15 is 0 Å². The topological polar surface area (TPSA) is 67.4 Å². The van der Waals surface area contributed by atoms with E-state index in [0.29, 0.717) is 17.0 Å². The minimum Gasteiger partial charge on any atom is -0.497 e. The lowest BCUT2D eigenvalue weighted by Crippen LogP contribution is -2.15. The van der Waals surface area contributed by atoms with E-state index in [0.717, 1.165) is 12.1 Å². The summed E-state index contributed by atoms with van der Waals surface area (Å²) in [6, 6.07) is 16.9. The fraction of sp³-hybridized carbons (Fsp3) is 0.0909. The highest BCUT2D eigenvalue weighted by atomic mass is 19.4. The number of benzene rings is 3. The van der Waals surface area contributed by atoms with E-state index < -0.39 is 17.6 Å². The highest BCUT2D eigenvalue weighted by Gasteiger charge is 2.30. The molecule has 0 aliphatic heterocycles. The monoisotopic (exact) mass is 414 g/mol. The van der Waals surface area contributed by atoms with Gasteiger partial charge in [0.25, 0.3) is 11.8 Å². The first-order valence-corrected chi connectivity index (χ1v) is 8.80. The Labute approximate surface area is 170 Å². The molecule has 154 valence electrons. The molecule has 0 heterocycles. The molecule has 0 spiro atoms. The molecule has 0 unspecified atom stereocenters. The van der Waals surface area contributed by atoms with Crippen LogP contribution in [0.1, 0.15) is 26.3 Å². The number of ether oxygens (including phenoxy) is 1. The number of nitrogens with one attached hydrogen (secondary N) is 2. The molecule has 2 N–H and O–H groups in total. The van der Waals surface area contributed by atoms with E-state index in [1.165, 1.54) is 31.4 Å². The van der Waals surface area contributed by atoms with Gasteiger partial charge in [-0.25, -0.2) is 0 Å². The Bertz CT molecular complexity index is 1060. The molecule has 30 heavy (non-hydrogen) atoms. The third-order valence-corrected chi connectivity index (χ3v) is 4.18. The van der Waals surface area contributed by atoms with E-state index in [1.807, 2.05) is 0 Å². The number of alkyl halides is 3. The lowest BCUT2D eigenvalue weighted by Gasteiger charge is -2.11. The van der Waals surface area contributed by atoms with E-state index in [4.69, 9.17) is 4.74 Å². The quantitative estimate of drug-likeness (QED) is 0.602. The Balaban J connectivity index is 1.71. The van der Waals surface area contributed by atoms with Gasteiger partial charge in [-0.3, -0.25) is 9.59 Å². The van der Waals surface area contributed by atoms with E-state index in [-0.39, 0.29) is 17.2 Å². The normalized spacial score (nSPS) is 10.9. The average molecular weight is 414 g/mol. The zero-order chi connectivity index (χ0) is 21.7. The van der Waals surface area contributed by atoms with Gasteiger partial charge in [-0.05, 0) is 60.7 Å². The fourth-order valence-corrected chi connectivity index (χ4v) is 2.66. The zero-order valence-corrected chi connectivity index (χ0v) is 15.8. The van der Waals surface area contributed by atoms with Crippen molar-refractivity contribution in [3.63, 3.8) is 0 Å². The van der Waals surface area contributed by atoms with Crippen molar-refractivity contribution < 1.29 is 27.5 Å². The van der Waals surface area contributed by atoms with Gasteiger partial charge in [0.15, 0.2) is 0 Å². The van der Waals surface area contributed by atoms with Crippen LogP contribution < -0.4 is 15.4 Å². The number of rotatable bonds is 5. The van der Waals surface area contributed by atoms with E-state index in [2.05, 4.69) is 10.6 Å². The Morgan fingerprint density at radius 3 is 1.93 bits per heavy atom. The largest absolute Gasteiger partial charge is 0.497 e. The number of anilines is 2. The van der Waals surface area contributed by atoms with Crippen LogP contribution in [0, 0.1) is 0 Å². The van der Waals surface area contributed by atoms with Gasteiger partial charge in [0, 0.05) is 22.5 Å². The van der Waals surface area contributed by atoms with Crippen molar-refractivity contribution >= 4 is 23.2 Å². The summed E-state index contributed by atoms with van der Waals surface area (Å²) in [4.78, 5) is 24.8. The predicted molar refractivity (Wildman–Crippen MR) is 107 cm³/mol. The molecule has 8 heteroatoms. The molecule has 3 rings (SSSR count). The molecule has 5 nitrogen and oxygen atoms in total. The minimum absolute atomic E-state index is 0.0162. The maximum atomic E-state index is 12.8. The molecular formula is C22H17F3N2O3. The van der Waals surface area contributed by atoms with Gasteiger partial charge >= 0.3 is 6.18 Å². The molecule has 2 amide bonds. The van der Waals surface area contributed by atoms with Crippen LogP contribution in [0.2, 0.25) is 0 Å². The lowest BCUT2D eigenvalue weighted by atomic mass is 10.1. The number of carbonyl (C=O) groups excluding carboxylic acids is 2. The summed E-state index contributed by atoms with van der Waals surface area (Å²) < 4.78 is 43.5. The molecule has 0 fully saturated rings. The molecule has 0 bridgehead atoms. The number of methoxy groups -OCH3 is 1. The van der Waals surface area contributed by atoms with Crippen LogP contribution in [-0.4, -0.2) is 18.9 Å². The molecular weight excluding hydrogens is 397 g/mol. The third kappa shape index (κ3) is 5.16. The first kappa shape index (κ1) is 20.9. The summed E-state index contributed by atoms with van der Waals surface area (Å²) in [5.41, 5.74) is 0.102. The fourth-order valence-electron chi connectivity index (χ4n) is 2.66. The van der Waals surface area contributed by atoms with E-state index in [1.54, 1.807) is 36.4 Å². The molecule has 3 aromatic carbocycles. The summed E-state index contributed by atoms with van der Waals surface area (Å²) in [6.07, 6.45) is -4.51. The SMILES string of the molecule is COc1ccc(C(=O)Nc2cccc(C(=O)Nc3cccc(C(F)(F)F)c3)c2)cc1. The zero-order valence-electron chi connectivity index (χ0n) is 15.8. The number of amides is 2. The smallest absolute Gasteiger partial charge is 0.416 e. The number of hydrogen-bond donors (Lipinski definition) is 2. The minimum atomic E-state index is -4.51. The number of carbonyl (C=O) groups is 2. The highest BCUT2D eigenvalue weighted by Crippen LogP contribution is 2.30. The van der Waals surface area contributed by atoms with Crippen molar-refractivity contribution in [3.05, 3.63) is 89.5 Å². The average Bonchev–Trinajstić information content (AvgIpc) is 2.73. The van der Waals surface area contributed by atoms with Crippen molar-refractivity contribution in [2.45, 2.75) is 6.18 Å². The second-order valence-electron chi connectivity index (χ2n) is 6.30. The second kappa shape index (κ2) is 8.69. The first-order valence-electron chi connectivity index (χ1n) is 8.80.